The second-order valence-electron chi connectivity index (χ2n) is 10.9. The van der Waals surface area contributed by atoms with Crippen molar-refractivity contribution in [3.05, 3.63) is 60.6 Å². The van der Waals surface area contributed by atoms with E-state index in [1.807, 2.05) is 0 Å². The lowest BCUT2D eigenvalue weighted by Crippen LogP contribution is -2.31. The van der Waals surface area contributed by atoms with Crippen molar-refractivity contribution >= 4 is 34.5 Å². The SMILES string of the molecule is CC(C)(C)OC(=O)n1cc(-c2cc3cnc(Nc4ccc(C(F)(F)F)cc4)cc3n2OC(=O)C(C)(C)C)cn1. The third-order valence-corrected chi connectivity index (χ3v) is 5.37. The normalized spacial score (nSPS) is 12.4. The predicted molar refractivity (Wildman–Crippen MR) is 138 cm³/mol. The average molecular weight is 544 g/mol. The van der Waals surface area contributed by atoms with Crippen LogP contribution in [0.1, 0.15) is 47.1 Å². The number of carbonyl (C=O) groups excluding carboxylic acids is 2. The monoisotopic (exact) mass is 543 g/mol. The minimum absolute atomic E-state index is 0.310. The second-order valence-corrected chi connectivity index (χ2v) is 10.9. The Hall–Kier alpha value is -4.35. The number of hydrogen-bond donors (Lipinski definition) is 1. The lowest BCUT2D eigenvalue weighted by Gasteiger charge is -2.19. The van der Waals surface area contributed by atoms with E-state index in [0.717, 1.165) is 16.8 Å². The van der Waals surface area contributed by atoms with Gasteiger partial charge in [0.2, 0.25) is 0 Å². The average Bonchev–Trinajstić information content (AvgIpc) is 3.42. The highest BCUT2D eigenvalue weighted by atomic mass is 19.4. The van der Waals surface area contributed by atoms with Crippen LogP contribution in [-0.4, -0.2) is 37.2 Å². The van der Waals surface area contributed by atoms with E-state index in [-0.39, 0.29) is 0 Å². The van der Waals surface area contributed by atoms with E-state index in [1.54, 1.807) is 53.7 Å². The summed E-state index contributed by atoms with van der Waals surface area (Å²) < 4.78 is 46.4. The number of ether oxygens (including phenoxy) is 1. The number of rotatable bonds is 4. The van der Waals surface area contributed by atoms with E-state index in [1.165, 1.54) is 35.5 Å². The molecule has 0 aliphatic rings. The summed E-state index contributed by atoms with van der Waals surface area (Å²) in [6.45, 7) is 10.3. The first-order valence-electron chi connectivity index (χ1n) is 12.0. The summed E-state index contributed by atoms with van der Waals surface area (Å²) in [6.07, 6.45) is -0.688. The summed E-state index contributed by atoms with van der Waals surface area (Å²) in [5.74, 6) is -0.209. The quantitative estimate of drug-likeness (QED) is 0.316. The maximum Gasteiger partial charge on any atom is 0.435 e. The zero-order valence-corrected chi connectivity index (χ0v) is 22.3. The van der Waals surface area contributed by atoms with Crippen molar-refractivity contribution in [2.24, 2.45) is 5.41 Å². The number of fused-ring (bicyclic) bond motifs is 1. The topological polar surface area (TPSA) is 100 Å². The lowest BCUT2D eigenvalue weighted by atomic mass is 9.98. The van der Waals surface area contributed by atoms with Gasteiger partial charge in [0.15, 0.2) is 0 Å². The fraction of sp³-hybridized carbons (Fsp3) is 0.333. The molecule has 0 aliphatic carbocycles. The van der Waals surface area contributed by atoms with Gasteiger partial charge in [0, 0.05) is 35.1 Å². The highest BCUT2D eigenvalue weighted by Gasteiger charge is 2.30. The molecule has 4 aromatic rings. The number of nitrogens with one attached hydrogen (secondary N) is 1. The molecule has 3 aromatic heterocycles. The van der Waals surface area contributed by atoms with Crippen LogP contribution in [0.4, 0.5) is 29.5 Å². The van der Waals surface area contributed by atoms with Crippen molar-refractivity contribution in [1.82, 2.24) is 19.5 Å². The molecule has 0 radical (unpaired) electrons. The second kappa shape index (κ2) is 9.75. The van der Waals surface area contributed by atoms with E-state index in [2.05, 4.69) is 15.4 Å². The molecule has 0 aliphatic heterocycles. The third-order valence-electron chi connectivity index (χ3n) is 5.37. The highest BCUT2D eigenvalue weighted by Crippen LogP contribution is 2.32. The van der Waals surface area contributed by atoms with Gasteiger partial charge in [-0.3, -0.25) is 0 Å². The summed E-state index contributed by atoms with van der Waals surface area (Å²) in [5.41, 5.74) is -0.584. The minimum Gasteiger partial charge on any atom is -0.442 e. The van der Waals surface area contributed by atoms with Crippen molar-refractivity contribution < 1.29 is 32.3 Å². The van der Waals surface area contributed by atoms with Crippen LogP contribution in [0.3, 0.4) is 0 Å². The molecule has 3 heterocycles. The minimum atomic E-state index is -4.44. The Balaban J connectivity index is 1.73. The lowest BCUT2D eigenvalue weighted by molar-refractivity contribution is -0.152. The van der Waals surface area contributed by atoms with Crippen LogP contribution in [0.5, 0.6) is 0 Å². The van der Waals surface area contributed by atoms with Gasteiger partial charge in [-0.05, 0) is 71.9 Å². The molecule has 1 aromatic carbocycles. The summed E-state index contributed by atoms with van der Waals surface area (Å²) in [6, 6.07) is 7.85. The molecule has 9 nitrogen and oxygen atoms in total. The number of halogens is 3. The van der Waals surface area contributed by atoms with Crippen LogP contribution in [0.15, 0.2) is 55.0 Å². The van der Waals surface area contributed by atoms with E-state index < -0.39 is 34.8 Å². The van der Waals surface area contributed by atoms with E-state index in [4.69, 9.17) is 9.57 Å². The molecule has 4 rings (SSSR count). The highest BCUT2D eigenvalue weighted by molar-refractivity contribution is 5.89. The molecule has 206 valence electrons. The Labute approximate surface area is 222 Å². The molecule has 0 bridgehead atoms. The first-order valence-corrected chi connectivity index (χ1v) is 12.0. The number of carbonyl (C=O) groups is 2. The molecule has 0 unspecified atom stereocenters. The van der Waals surface area contributed by atoms with Gasteiger partial charge in [0.25, 0.3) is 0 Å². The molecule has 1 N–H and O–H groups in total. The first kappa shape index (κ1) is 27.7. The summed E-state index contributed by atoms with van der Waals surface area (Å²) in [4.78, 5) is 35.4. The molecule has 0 saturated heterocycles. The number of benzene rings is 1. The number of pyridine rings is 1. The van der Waals surface area contributed by atoms with Gasteiger partial charge in [0.1, 0.15) is 11.4 Å². The van der Waals surface area contributed by atoms with Crippen molar-refractivity contribution in [1.29, 1.82) is 0 Å². The van der Waals surface area contributed by atoms with E-state index >= 15 is 0 Å². The van der Waals surface area contributed by atoms with Gasteiger partial charge in [0.05, 0.1) is 28.4 Å². The van der Waals surface area contributed by atoms with Crippen LogP contribution in [0.25, 0.3) is 22.2 Å². The van der Waals surface area contributed by atoms with Crippen LogP contribution < -0.4 is 10.2 Å². The van der Waals surface area contributed by atoms with Gasteiger partial charge < -0.3 is 14.9 Å². The van der Waals surface area contributed by atoms with Gasteiger partial charge in [-0.2, -0.15) is 27.7 Å². The first-order chi connectivity index (χ1) is 18.0. The Morgan fingerprint density at radius 3 is 2.21 bits per heavy atom. The standard InChI is InChI=1S/C27H28F3N5O4/c1-25(2,3)23(36)39-35-20(17-14-32-34(15-17)24(37)38-26(4,5)6)11-16-13-31-22(12-21(16)35)33-19-9-7-18(8-10-19)27(28,29)30/h7-15H,1-6H3,(H,31,33). The number of anilines is 2. The zero-order chi connectivity index (χ0) is 28.8. The van der Waals surface area contributed by atoms with Gasteiger partial charge >= 0.3 is 18.2 Å². The van der Waals surface area contributed by atoms with Gasteiger partial charge in [-0.25, -0.2) is 14.6 Å². The van der Waals surface area contributed by atoms with E-state index in [0.29, 0.717) is 33.7 Å². The Morgan fingerprint density at radius 1 is 0.949 bits per heavy atom. The van der Waals surface area contributed by atoms with Crippen molar-refractivity contribution in [2.45, 2.75) is 53.3 Å². The number of alkyl halides is 3. The Morgan fingerprint density at radius 2 is 1.62 bits per heavy atom. The molecule has 0 saturated carbocycles. The molecule has 0 atom stereocenters. The maximum atomic E-state index is 12.9. The molecule has 12 heteroatoms. The molecule has 0 fully saturated rings. The smallest absolute Gasteiger partial charge is 0.435 e. The summed E-state index contributed by atoms with van der Waals surface area (Å²) in [7, 11) is 0. The molecular weight excluding hydrogens is 515 g/mol. The Kier molecular flexibility index (Phi) is 6.92. The summed E-state index contributed by atoms with van der Waals surface area (Å²) >= 11 is 0. The largest absolute Gasteiger partial charge is 0.442 e. The van der Waals surface area contributed by atoms with Crippen molar-refractivity contribution in [2.75, 3.05) is 5.32 Å². The van der Waals surface area contributed by atoms with E-state index in [9.17, 15) is 22.8 Å². The van der Waals surface area contributed by atoms with Crippen LogP contribution >= 0.6 is 0 Å². The predicted octanol–water partition coefficient (Wildman–Crippen LogP) is 6.45. The Bertz CT molecular complexity index is 1520. The zero-order valence-electron chi connectivity index (χ0n) is 22.3. The maximum absolute atomic E-state index is 12.9. The summed E-state index contributed by atoms with van der Waals surface area (Å²) in [5, 5.41) is 7.67. The van der Waals surface area contributed by atoms with Crippen molar-refractivity contribution in [3.63, 3.8) is 0 Å². The molecule has 39 heavy (non-hydrogen) atoms. The number of aromatic nitrogens is 4. The van der Waals surface area contributed by atoms with Crippen LogP contribution in [0.2, 0.25) is 0 Å². The fourth-order valence-corrected chi connectivity index (χ4v) is 3.42. The number of hydrogen-bond acceptors (Lipinski definition) is 7. The van der Waals surface area contributed by atoms with Crippen LogP contribution in [0, 0.1) is 5.41 Å². The van der Waals surface area contributed by atoms with Crippen LogP contribution in [-0.2, 0) is 15.7 Å². The van der Waals surface area contributed by atoms with Gasteiger partial charge in [-0.1, -0.05) is 0 Å². The molecule has 0 amide bonds. The molecule has 0 spiro atoms. The molecular formula is C27H28F3N5O4. The van der Waals surface area contributed by atoms with Gasteiger partial charge in [-0.15, -0.1) is 0 Å². The third kappa shape index (κ3) is 6.39. The fourth-order valence-electron chi connectivity index (χ4n) is 3.42. The van der Waals surface area contributed by atoms with Crippen molar-refractivity contribution in [3.8, 4) is 11.3 Å². The number of nitrogens with zero attached hydrogens (tertiary/aromatic N) is 4.